The number of nitrogens with zero attached hydrogens (tertiary/aromatic N) is 1. The number of hydrogen-bond donors (Lipinski definition) is 0. The van der Waals surface area contributed by atoms with Gasteiger partial charge in [0.1, 0.15) is 18.6 Å². The number of rotatable bonds is 6. The zero-order valence-corrected chi connectivity index (χ0v) is 13.2. The van der Waals surface area contributed by atoms with E-state index in [0.717, 1.165) is 55.3 Å². The second-order valence-corrected chi connectivity index (χ2v) is 6.10. The van der Waals surface area contributed by atoms with Crippen molar-refractivity contribution in [3.8, 4) is 16.2 Å². The topological polar surface area (TPSA) is 38.8 Å². The number of ether oxygens (including phenoxy) is 2. The van der Waals surface area contributed by atoms with E-state index in [1.807, 2.05) is 29.6 Å². The third kappa shape index (κ3) is 3.74. The summed E-state index contributed by atoms with van der Waals surface area (Å²) in [6.07, 6.45) is 0.870. The van der Waals surface area contributed by atoms with Crippen LogP contribution in [0.4, 0.5) is 0 Å². The molecule has 1 aliphatic rings. The molecular weight excluding hydrogens is 298 g/mol. The Morgan fingerprint density at radius 1 is 1.27 bits per heavy atom. The van der Waals surface area contributed by atoms with Crippen LogP contribution in [-0.4, -0.2) is 50.6 Å². The monoisotopic (exact) mass is 317 g/mol. The Hall–Kier alpha value is -1.69. The van der Waals surface area contributed by atoms with Crippen molar-refractivity contribution in [1.82, 2.24) is 4.90 Å². The van der Waals surface area contributed by atoms with Gasteiger partial charge in [-0.25, -0.2) is 0 Å². The standard InChI is InChI=1S/C17H19NO3S/c19-13-14-3-4-16(15(12-14)17-2-1-11-22-17)21-10-7-18-5-8-20-9-6-18/h1-4,11-13H,5-10H2. The number of carbonyl (C=O) groups excluding carboxylic acids is 1. The minimum absolute atomic E-state index is 0.638. The van der Waals surface area contributed by atoms with Crippen LogP contribution in [0, 0.1) is 0 Å². The molecule has 0 bridgehead atoms. The molecule has 0 unspecified atom stereocenters. The lowest BCUT2D eigenvalue weighted by molar-refractivity contribution is 0.0323. The molecule has 5 heteroatoms. The first kappa shape index (κ1) is 15.2. The largest absolute Gasteiger partial charge is 0.492 e. The number of thiophene rings is 1. The molecule has 1 saturated heterocycles. The van der Waals surface area contributed by atoms with Crippen molar-refractivity contribution in [3.05, 3.63) is 41.3 Å². The molecule has 1 aromatic heterocycles. The van der Waals surface area contributed by atoms with E-state index in [9.17, 15) is 4.79 Å². The number of hydrogen-bond acceptors (Lipinski definition) is 5. The molecule has 116 valence electrons. The van der Waals surface area contributed by atoms with Crippen molar-refractivity contribution < 1.29 is 14.3 Å². The predicted octanol–water partition coefficient (Wildman–Crippen LogP) is 2.94. The maximum absolute atomic E-state index is 11.0. The summed E-state index contributed by atoms with van der Waals surface area (Å²) in [5, 5.41) is 2.03. The average molecular weight is 317 g/mol. The van der Waals surface area contributed by atoms with Crippen molar-refractivity contribution in [2.75, 3.05) is 39.5 Å². The molecule has 4 nitrogen and oxygen atoms in total. The van der Waals surface area contributed by atoms with Gasteiger partial charge in [-0.3, -0.25) is 9.69 Å². The van der Waals surface area contributed by atoms with Gasteiger partial charge in [0.15, 0.2) is 0 Å². The Morgan fingerprint density at radius 3 is 2.86 bits per heavy atom. The molecule has 1 aliphatic heterocycles. The van der Waals surface area contributed by atoms with Crippen LogP contribution < -0.4 is 4.74 Å². The second-order valence-electron chi connectivity index (χ2n) is 5.15. The molecule has 0 radical (unpaired) electrons. The lowest BCUT2D eigenvalue weighted by Gasteiger charge is -2.26. The summed E-state index contributed by atoms with van der Waals surface area (Å²) in [5.74, 6) is 0.835. The first-order valence-corrected chi connectivity index (χ1v) is 8.31. The minimum atomic E-state index is 0.638. The second kappa shape index (κ2) is 7.54. The molecule has 0 aliphatic carbocycles. The number of benzene rings is 1. The summed E-state index contributed by atoms with van der Waals surface area (Å²) in [4.78, 5) is 14.5. The van der Waals surface area contributed by atoms with E-state index in [2.05, 4.69) is 4.90 Å². The fraction of sp³-hybridized carbons (Fsp3) is 0.353. The molecule has 2 aromatic rings. The molecule has 0 N–H and O–H groups in total. The van der Waals surface area contributed by atoms with Crippen molar-refractivity contribution in [2.45, 2.75) is 0 Å². The summed E-state index contributed by atoms with van der Waals surface area (Å²) < 4.78 is 11.3. The molecule has 3 rings (SSSR count). The van der Waals surface area contributed by atoms with E-state index in [-0.39, 0.29) is 0 Å². The van der Waals surface area contributed by atoms with Crippen LogP contribution in [-0.2, 0) is 4.74 Å². The first-order valence-electron chi connectivity index (χ1n) is 7.43. The third-order valence-electron chi connectivity index (χ3n) is 3.70. The molecular formula is C17H19NO3S. The van der Waals surface area contributed by atoms with Gasteiger partial charge in [-0.2, -0.15) is 0 Å². The maximum atomic E-state index is 11.0. The van der Waals surface area contributed by atoms with E-state index >= 15 is 0 Å². The highest BCUT2D eigenvalue weighted by atomic mass is 32.1. The van der Waals surface area contributed by atoms with Crippen LogP contribution in [0.1, 0.15) is 10.4 Å². The van der Waals surface area contributed by atoms with E-state index in [4.69, 9.17) is 9.47 Å². The third-order valence-corrected chi connectivity index (χ3v) is 4.60. The van der Waals surface area contributed by atoms with Crippen LogP contribution in [0.15, 0.2) is 35.7 Å². The van der Waals surface area contributed by atoms with E-state index in [1.54, 1.807) is 17.4 Å². The van der Waals surface area contributed by atoms with Gasteiger partial charge in [0.25, 0.3) is 0 Å². The van der Waals surface area contributed by atoms with E-state index in [1.165, 1.54) is 0 Å². The summed E-state index contributed by atoms with van der Waals surface area (Å²) in [6.45, 7) is 5.06. The maximum Gasteiger partial charge on any atom is 0.150 e. The van der Waals surface area contributed by atoms with Gasteiger partial charge in [-0.1, -0.05) is 6.07 Å². The lowest BCUT2D eigenvalue weighted by Crippen LogP contribution is -2.38. The van der Waals surface area contributed by atoms with E-state index < -0.39 is 0 Å². The van der Waals surface area contributed by atoms with Crippen LogP contribution in [0.5, 0.6) is 5.75 Å². The molecule has 0 saturated carbocycles. The van der Waals surface area contributed by atoms with Gasteiger partial charge in [0, 0.05) is 35.6 Å². The summed E-state index contributed by atoms with van der Waals surface area (Å²) in [7, 11) is 0. The molecule has 0 spiro atoms. The number of carbonyl (C=O) groups is 1. The first-order chi connectivity index (χ1) is 10.9. The summed E-state index contributed by atoms with van der Waals surface area (Å²) in [5.41, 5.74) is 1.66. The Balaban J connectivity index is 1.68. The number of morpholine rings is 1. The SMILES string of the molecule is O=Cc1ccc(OCCN2CCOCC2)c(-c2cccs2)c1. The van der Waals surface area contributed by atoms with Crippen LogP contribution in [0.2, 0.25) is 0 Å². The van der Waals surface area contributed by atoms with E-state index in [0.29, 0.717) is 12.2 Å². The molecule has 1 aromatic carbocycles. The Kier molecular flexibility index (Phi) is 5.21. The quantitative estimate of drug-likeness (QED) is 0.768. The highest BCUT2D eigenvalue weighted by Crippen LogP contribution is 2.33. The molecule has 0 amide bonds. The van der Waals surface area contributed by atoms with Crippen molar-refractivity contribution >= 4 is 17.6 Å². The van der Waals surface area contributed by atoms with Gasteiger partial charge in [0.2, 0.25) is 0 Å². The van der Waals surface area contributed by atoms with Crippen molar-refractivity contribution in [3.63, 3.8) is 0 Å². The molecule has 0 atom stereocenters. The molecule has 22 heavy (non-hydrogen) atoms. The molecule has 1 fully saturated rings. The normalized spacial score (nSPS) is 15.6. The molecule has 2 heterocycles. The Morgan fingerprint density at radius 2 is 2.14 bits per heavy atom. The Labute approximate surface area is 134 Å². The van der Waals surface area contributed by atoms with Crippen LogP contribution in [0.25, 0.3) is 10.4 Å². The van der Waals surface area contributed by atoms with Crippen molar-refractivity contribution in [2.24, 2.45) is 0 Å². The van der Waals surface area contributed by atoms with Crippen LogP contribution >= 0.6 is 11.3 Å². The minimum Gasteiger partial charge on any atom is -0.492 e. The number of aldehydes is 1. The van der Waals surface area contributed by atoms with Gasteiger partial charge in [0.05, 0.1) is 13.2 Å². The van der Waals surface area contributed by atoms with Crippen molar-refractivity contribution in [1.29, 1.82) is 0 Å². The van der Waals surface area contributed by atoms with Gasteiger partial charge >= 0.3 is 0 Å². The summed E-state index contributed by atoms with van der Waals surface area (Å²) >= 11 is 1.65. The smallest absolute Gasteiger partial charge is 0.150 e. The zero-order valence-electron chi connectivity index (χ0n) is 12.4. The van der Waals surface area contributed by atoms with Gasteiger partial charge in [-0.15, -0.1) is 11.3 Å². The van der Waals surface area contributed by atoms with Gasteiger partial charge in [-0.05, 0) is 29.6 Å². The fourth-order valence-corrected chi connectivity index (χ4v) is 3.23. The average Bonchev–Trinajstić information content (AvgIpc) is 3.10. The zero-order chi connectivity index (χ0) is 15.2. The lowest BCUT2D eigenvalue weighted by atomic mass is 10.1. The van der Waals surface area contributed by atoms with Gasteiger partial charge < -0.3 is 9.47 Å². The summed E-state index contributed by atoms with van der Waals surface area (Å²) in [6, 6.07) is 9.63. The fourth-order valence-electron chi connectivity index (χ4n) is 2.48. The Bertz CT molecular complexity index is 606. The highest BCUT2D eigenvalue weighted by Gasteiger charge is 2.12. The predicted molar refractivity (Wildman–Crippen MR) is 87.9 cm³/mol. The van der Waals surface area contributed by atoms with Crippen LogP contribution in [0.3, 0.4) is 0 Å². The highest BCUT2D eigenvalue weighted by molar-refractivity contribution is 7.13.